The maximum atomic E-state index is 6.55. The first-order chi connectivity index (χ1) is 27.7. The Morgan fingerprint density at radius 2 is 0.839 bits per heavy atom. The molecule has 0 saturated carbocycles. The van der Waals surface area contributed by atoms with Crippen molar-refractivity contribution in [1.82, 2.24) is 9.97 Å². The first-order valence-electron chi connectivity index (χ1n) is 18.8. The number of ether oxygens (including phenoxy) is 1. The van der Waals surface area contributed by atoms with Crippen molar-refractivity contribution in [1.29, 1.82) is 0 Å². The van der Waals surface area contributed by atoms with E-state index in [1.807, 2.05) is 54.6 Å². The van der Waals surface area contributed by atoms with Crippen LogP contribution in [0.1, 0.15) is 22.3 Å². The van der Waals surface area contributed by atoms with Crippen LogP contribution in [0.25, 0.3) is 78.5 Å². The third-order valence-electron chi connectivity index (χ3n) is 11.4. The summed E-state index contributed by atoms with van der Waals surface area (Å²) in [6.45, 7) is 0. The van der Waals surface area contributed by atoms with Crippen LogP contribution >= 0.6 is 0 Å². The zero-order chi connectivity index (χ0) is 36.8. The zero-order valence-electron chi connectivity index (χ0n) is 29.9. The molecule has 0 atom stereocenters. The number of fused-ring (bicyclic) bond motifs is 11. The van der Waals surface area contributed by atoms with E-state index in [4.69, 9.17) is 23.5 Å². The molecule has 1 aliphatic carbocycles. The molecule has 5 heteroatoms. The third-order valence-corrected chi connectivity index (χ3v) is 11.4. The van der Waals surface area contributed by atoms with Crippen LogP contribution in [0, 0.1) is 0 Å². The summed E-state index contributed by atoms with van der Waals surface area (Å²) in [6.07, 6.45) is 0. The maximum Gasteiger partial charge on any atom is 0.227 e. The molecule has 2 aliphatic rings. The Hall–Kier alpha value is -7.50. The van der Waals surface area contributed by atoms with E-state index in [2.05, 4.69) is 127 Å². The monoisotopic (exact) mass is 718 g/mol. The van der Waals surface area contributed by atoms with Gasteiger partial charge in [-0.2, -0.15) is 0 Å². The molecule has 1 spiro atoms. The fourth-order valence-corrected chi connectivity index (χ4v) is 9.02. The lowest BCUT2D eigenvalue weighted by atomic mass is 9.66. The van der Waals surface area contributed by atoms with E-state index in [1.165, 1.54) is 27.8 Å². The number of rotatable bonds is 4. The van der Waals surface area contributed by atoms with Gasteiger partial charge in [0.15, 0.2) is 11.2 Å². The van der Waals surface area contributed by atoms with Crippen molar-refractivity contribution < 1.29 is 13.6 Å². The van der Waals surface area contributed by atoms with Gasteiger partial charge < -0.3 is 13.6 Å². The fraction of sp³-hybridized carbons (Fsp3) is 0.0196. The van der Waals surface area contributed by atoms with E-state index in [0.29, 0.717) is 11.8 Å². The Labute approximate surface area is 322 Å². The van der Waals surface area contributed by atoms with Crippen molar-refractivity contribution in [2.45, 2.75) is 5.41 Å². The van der Waals surface area contributed by atoms with E-state index in [0.717, 1.165) is 72.6 Å². The number of para-hydroxylation sites is 6. The van der Waals surface area contributed by atoms with Gasteiger partial charge >= 0.3 is 0 Å². The predicted octanol–water partition coefficient (Wildman–Crippen LogP) is 13.1. The largest absolute Gasteiger partial charge is 0.457 e. The molecule has 3 heterocycles. The van der Waals surface area contributed by atoms with Gasteiger partial charge in [-0.25, -0.2) is 9.97 Å². The molecule has 0 radical (unpaired) electrons. The van der Waals surface area contributed by atoms with E-state index in [9.17, 15) is 0 Å². The number of nitrogens with zero attached hydrogens (tertiary/aromatic N) is 2. The minimum atomic E-state index is -0.514. The van der Waals surface area contributed by atoms with Gasteiger partial charge in [0.25, 0.3) is 0 Å². The Balaban J connectivity index is 1.01. The number of oxazole rings is 2. The van der Waals surface area contributed by atoms with Crippen LogP contribution in [-0.4, -0.2) is 9.97 Å². The Morgan fingerprint density at radius 3 is 1.46 bits per heavy atom. The summed E-state index contributed by atoms with van der Waals surface area (Å²) in [4.78, 5) is 9.68. The summed E-state index contributed by atoms with van der Waals surface area (Å²) in [5.74, 6) is 2.87. The minimum absolute atomic E-state index is 0.514. The number of hydrogen-bond donors (Lipinski definition) is 0. The summed E-state index contributed by atoms with van der Waals surface area (Å²) in [6, 6.07) is 63.4. The van der Waals surface area contributed by atoms with Crippen molar-refractivity contribution in [3.8, 4) is 67.8 Å². The lowest BCUT2D eigenvalue weighted by Gasteiger charge is -2.39. The molecule has 0 saturated heterocycles. The van der Waals surface area contributed by atoms with Gasteiger partial charge in [-0.1, -0.05) is 127 Å². The highest BCUT2D eigenvalue weighted by Gasteiger charge is 2.51. The van der Waals surface area contributed by atoms with Gasteiger partial charge in [0.05, 0.1) is 5.41 Å². The van der Waals surface area contributed by atoms with Crippen LogP contribution in [0.4, 0.5) is 0 Å². The van der Waals surface area contributed by atoms with Crippen LogP contribution in [0.3, 0.4) is 0 Å². The first-order valence-corrected chi connectivity index (χ1v) is 18.8. The predicted molar refractivity (Wildman–Crippen MR) is 221 cm³/mol. The van der Waals surface area contributed by atoms with Gasteiger partial charge in [-0.05, 0) is 99.1 Å². The summed E-state index contributed by atoms with van der Waals surface area (Å²) in [7, 11) is 0. The average molecular weight is 719 g/mol. The van der Waals surface area contributed by atoms with Crippen LogP contribution in [0.5, 0.6) is 11.5 Å². The second kappa shape index (κ2) is 11.7. The fourth-order valence-electron chi connectivity index (χ4n) is 9.02. The molecule has 0 amide bonds. The van der Waals surface area contributed by atoms with Gasteiger partial charge in [0.1, 0.15) is 22.5 Å². The van der Waals surface area contributed by atoms with E-state index < -0.39 is 5.41 Å². The van der Waals surface area contributed by atoms with Crippen molar-refractivity contribution in [2.24, 2.45) is 0 Å². The zero-order valence-corrected chi connectivity index (χ0v) is 29.9. The van der Waals surface area contributed by atoms with Crippen LogP contribution in [0.2, 0.25) is 0 Å². The standard InChI is InChI=1S/C51H30N2O3/c1-2-14-38-37(12-1)48-36(13-11-17-41(48)51(38)39-15-3-7-20-44(39)54-45-21-8-4-16-40(45)51)32-26-24-31(25-27-32)33-28-34(49-52-42-18-5-9-22-46(42)55-49)30-35(29-33)50-53-43-19-6-10-23-47(43)56-50/h1-30H. The molecule has 5 nitrogen and oxygen atoms in total. The highest BCUT2D eigenvalue weighted by atomic mass is 16.5. The Morgan fingerprint density at radius 1 is 0.357 bits per heavy atom. The smallest absolute Gasteiger partial charge is 0.227 e. The first kappa shape index (κ1) is 30.9. The highest BCUT2D eigenvalue weighted by Crippen LogP contribution is 2.63. The third kappa shape index (κ3) is 4.42. The Bertz CT molecular complexity index is 2990. The quantitative estimate of drug-likeness (QED) is 0.181. The average Bonchev–Trinajstić information content (AvgIpc) is 3.98. The van der Waals surface area contributed by atoms with Gasteiger partial charge in [-0.3, -0.25) is 0 Å². The van der Waals surface area contributed by atoms with Crippen LogP contribution < -0.4 is 4.74 Å². The normalized spacial score (nSPS) is 13.3. The molecule has 0 fully saturated rings. The molecule has 262 valence electrons. The van der Waals surface area contributed by atoms with Gasteiger partial charge in [0.2, 0.25) is 11.8 Å². The molecule has 2 aromatic heterocycles. The number of benzene rings is 8. The second-order valence-corrected chi connectivity index (χ2v) is 14.5. The van der Waals surface area contributed by atoms with E-state index in [-0.39, 0.29) is 0 Å². The summed E-state index contributed by atoms with van der Waals surface area (Å²) in [5, 5.41) is 0. The second-order valence-electron chi connectivity index (χ2n) is 14.5. The molecule has 0 unspecified atom stereocenters. The molecule has 12 rings (SSSR count). The lowest BCUT2D eigenvalue weighted by molar-refractivity contribution is 0.436. The molecule has 8 aromatic carbocycles. The minimum Gasteiger partial charge on any atom is -0.457 e. The molecule has 0 N–H and O–H groups in total. The molecule has 56 heavy (non-hydrogen) atoms. The molecule has 1 aliphatic heterocycles. The van der Waals surface area contributed by atoms with Gasteiger partial charge in [0, 0.05) is 22.3 Å². The molecular formula is C51H30N2O3. The van der Waals surface area contributed by atoms with Crippen molar-refractivity contribution in [3.63, 3.8) is 0 Å². The van der Waals surface area contributed by atoms with Crippen molar-refractivity contribution in [3.05, 3.63) is 204 Å². The van der Waals surface area contributed by atoms with E-state index >= 15 is 0 Å². The van der Waals surface area contributed by atoms with Crippen LogP contribution in [-0.2, 0) is 5.41 Å². The number of hydrogen-bond acceptors (Lipinski definition) is 5. The number of aromatic nitrogens is 2. The Kier molecular flexibility index (Phi) is 6.48. The molecule has 0 bridgehead atoms. The lowest BCUT2D eigenvalue weighted by Crippen LogP contribution is -2.32. The summed E-state index contributed by atoms with van der Waals surface area (Å²) >= 11 is 0. The highest BCUT2D eigenvalue weighted by molar-refractivity contribution is 5.97. The van der Waals surface area contributed by atoms with Gasteiger partial charge in [-0.15, -0.1) is 0 Å². The molecule has 10 aromatic rings. The topological polar surface area (TPSA) is 61.3 Å². The SMILES string of the molecule is c1ccc2c(c1)Oc1ccccc1C21c2ccccc2-c2c(-c3ccc(-c4cc(-c5nc6ccccc6o5)cc(-c5nc6ccccc6o5)c4)cc3)cccc21. The molecular weight excluding hydrogens is 689 g/mol. The van der Waals surface area contributed by atoms with Crippen LogP contribution in [0.15, 0.2) is 191 Å². The van der Waals surface area contributed by atoms with E-state index in [1.54, 1.807) is 0 Å². The maximum absolute atomic E-state index is 6.55. The summed E-state index contributed by atoms with van der Waals surface area (Å²) in [5.41, 5.74) is 16.0. The van der Waals surface area contributed by atoms with Crippen molar-refractivity contribution >= 4 is 22.2 Å². The summed E-state index contributed by atoms with van der Waals surface area (Å²) < 4.78 is 19.1. The van der Waals surface area contributed by atoms with Crippen molar-refractivity contribution in [2.75, 3.05) is 0 Å².